The molecule has 7 heteroatoms. The van der Waals surface area contributed by atoms with Gasteiger partial charge in [0.1, 0.15) is 0 Å². The van der Waals surface area contributed by atoms with Crippen molar-refractivity contribution in [1.29, 1.82) is 0 Å². The van der Waals surface area contributed by atoms with Gasteiger partial charge in [-0.15, -0.1) is 11.3 Å². The second-order valence-corrected chi connectivity index (χ2v) is 10.3. The Kier molecular flexibility index (Phi) is 5.67. The summed E-state index contributed by atoms with van der Waals surface area (Å²) in [6.07, 6.45) is 7.22. The highest BCUT2D eigenvalue weighted by Gasteiger charge is 2.30. The molecule has 2 aliphatic heterocycles. The van der Waals surface area contributed by atoms with Gasteiger partial charge >= 0.3 is 0 Å². The molecule has 0 unspecified atom stereocenters. The maximum atomic E-state index is 13.7. The van der Waals surface area contributed by atoms with Crippen molar-refractivity contribution in [2.45, 2.75) is 25.7 Å². The second-order valence-electron chi connectivity index (χ2n) is 9.29. The van der Waals surface area contributed by atoms with Crippen LogP contribution < -0.4 is 9.80 Å². The zero-order valence-corrected chi connectivity index (χ0v) is 19.9. The molecule has 174 valence electrons. The summed E-state index contributed by atoms with van der Waals surface area (Å²) in [6.45, 7) is 3.54. The molecule has 3 aliphatic rings. The maximum Gasteiger partial charge on any atom is 0.259 e. The lowest BCUT2D eigenvalue weighted by atomic mass is 10.1. The van der Waals surface area contributed by atoms with Gasteiger partial charge in [0.25, 0.3) is 5.91 Å². The molecule has 3 aromatic rings. The van der Waals surface area contributed by atoms with E-state index >= 15 is 0 Å². The molecule has 1 amide bonds. The molecule has 1 aromatic carbocycles. The van der Waals surface area contributed by atoms with Crippen molar-refractivity contribution >= 4 is 34.4 Å². The number of anilines is 2. The average Bonchev–Trinajstić information content (AvgIpc) is 3.63. The Morgan fingerprint density at radius 3 is 2.71 bits per heavy atom. The largest absolute Gasteiger partial charge is 0.378 e. The third-order valence-electron chi connectivity index (χ3n) is 6.89. The molecule has 2 aromatic heterocycles. The third-order valence-corrected chi connectivity index (χ3v) is 8.14. The van der Waals surface area contributed by atoms with Crippen molar-refractivity contribution in [3.05, 3.63) is 64.8 Å². The van der Waals surface area contributed by atoms with Crippen LogP contribution in [0, 0.1) is 5.92 Å². The number of hydrogen-bond donors (Lipinski definition) is 0. The number of nitrogens with zero attached hydrogens (tertiary/aromatic N) is 3. The van der Waals surface area contributed by atoms with Crippen molar-refractivity contribution in [3.8, 4) is 10.4 Å². The molecular formula is C27H27N3O3S. The monoisotopic (exact) mass is 473 g/mol. The minimum atomic E-state index is -0.0461. The number of ether oxygens (including phenoxy) is 1. The molecule has 6 nitrogen and oxygen atoms in total. The van der Waals surface area contributed by atoms with Crippen LogP contribution in [0.4, 0.5) is 11.4 Å². The number of aromatic nitrogens is 1. The fraction of sp³-hybridized carbons (Fsp3) is 0.370. The molecule has 1 saturated carbocycles. The Balaban J connectivity index is 1.31. The van der Waals surface area contributed by atoms with Gasteiger partial charge in [0.15, 0.2) is 5.78 Å². The van der Waals surface area contributed by atoms with Gasteiger partial charge in [0.05, 0.1) is 41.2 Å². The van der Waals surface area contributed by atoms with Crippen molar-refractivity contribution in [2.75, 3.05) is 42.6 Å². The number of ketones is 1. The Bertz CT molecular complexity index is 1240. The first kappa shape index (κ1) is 21.5. The van der Waals surface area contributed by atoms with E-state index in [1.165, 1.54) is 12.8 Å². The predicted octanol–water partition coefficient (Wildman–Crippen LogP) is 4.83. The van der Waals surface area contributed by atoms with Gasteiger partial charge in [0, 0.05) is 42.7 Å². The number of para-hydroxylation sites is 1. The standard InChI is InChI=1S/C27H27N3O3S/c31-24(13-18-5-6-18)25-15-19-7-8-30(23-4-2-1-3-22(23)26(19)34-25)27(32)20-14-21(17-28-16-20)29-9-11-33-12-10-29/h1-4,14-18H,5-13H2. The van der Waals surface area contributed by atoms with Crippen molar-refractivity contribution in [2.24, 2.45) is 5.92 Å². The molecule has 1 aliphatic carbocycles. The zero-order valence-electron chi connectivity index (χ0n) is 19.0. The summed E-state index contributed by atoms with van der Waals surface area (Å²) in [5, 5.41) is 0. The number of fused-ring (bicyclic) bond motifs is 3. The van der Waals surface area contributed by atoms with Crippen LogP contribution in [-0.4, -0.2) is 49.5 Å². The fourth-order valence-corrected chi connectivity index (χ4v) is 6.02. The normalized spacial score (nSPS) is 17.6. The Morgan fingerprint density at radius 2 is 1.88 bits per heavy atom. The summed E-state index contributed by atoms with van der Waals surface area (Å²) in [5.41, 5.74) is 4.62. The van der Waals surface area contributed by atoms with Crippen molar-refractivity contribution in [1.82, 2.24) is 4.98 Å². The lowest BCUT2D eigenvalue weighted by Crippen LogP contribution is -2.37. The molecule has 34 heavy (non-hydrogen) atoms. The van der Waals surface area contributed by atoms with Crippen LogP contribution in [-0.2, 0) is 11.2 Å². The maximum absolute atomic E-state index is 13.7. The van der Waals surface area contributed by atoms with Crippen molar-refractivity contribution < 1.29 is 14.3 Å². The van der Waals surface area contributed by atoms with Crippen LogP contribution in [0.15, 0.2) is 48.8 Å². The first-order valence-electron chi connectivity index (χ1n) is 12.0. The number of rotatable bonds is 5. The highest BCUT2D eigenvalue weighted by atomic mass is 32.1. The molecule has 2 fully saturated rings. The molecule has 0 spiro atoms. The highest BCUT2D eigenvalue weighted by Crippen LogP contribution is 2.43. The van der Waals surface area contributed by atoms with E-state index in [9.17, 15) is 9.59 Å². The number of thiophene rings is 1. The average molecular weight is 474 g/mol. The number of pyridine rings is 1. The number of carbonyl (C=O) groups is 2. The molecule has 0 atom stereocenters. The van der Waals surface area contributed by atoms with E-state index in [-0.39, 0.29) is 11.7 Å². The first-order valence-corrected chi connectivity index (χ1v) is 12.8. The van der Waals surface area contributed by atoms with Crippen LogP contribution in [0.5, 0.6) is 0 Å². The minimum absolute atomic E-state index is 0.0461. The second kappa shape index (κ2) is 8.96. The summed E-state index contributed by atoms with van der Waals surface area (Å²) in [5.74, 6) is 0.795. The lowest BCUT2D eigenvalue weighted by Gasteiger charge is -2.29. The minimum Gasteiger partial charge on any atom is -0.378 e. The summed E-state index contributed by atoms with van der Waals surface area (Å²) < 4.78 is 5.46. The third kappa shape index (κ3) is 4.14. The van der Waals surface area contributed by atoms with E-state index in [0.29, 0.717) is 37.7 Å². The molecule has 1 saturated heterocycles. The van der Waals surface area contributed by atoms with Gasteiger partial charge in [-0.2, -0.15) is 0 Å². The van der Waals surface area contributed by atoms with E-state index in [2.05, 4.69) is 22.0 Å². The number of morpholine rings is 1. The molecule has 0 radical (unpaired) electrons. The summed E-state index contributed by atoms with van der Waals surface area (Å²) in [4.78, 5) is 36.9. The summed E-state index contributed by atoms with van der Waals surface area (Å²) >= 11 is 1.58. The number of hydrogen-bond acceptors (Lipinski definition) is 6. The predicted molar refractivity (Wildman–Crippen MR) is 134 cm³/mol. The van der Waals surface area contributed by atoms with Crippen LogP contribution >= 0.6 is 11.3 Å². The van der Waals surface area contributed by atoms with E-state index in [0.717, 1.165) is 51.8 Å². The van der Waals surface area contributed by atoms with Crippen LogP contribution in [0.25, 0.3) is 10.4 Å². The zero-order chi connectivity index (χ0) is 23.1. The quantitative estimate of drug-likeness (QED) is 0.497. The smallest absolute Gasteiger partial charge is 0.259 e. The van der Waals surface area contributed by atoms with Gasteiger partial charge in [-0.05, 0) is 48.9 Å². The topological polar surface area (TPSA) is 62.7 Å². The van der Waals surface area contributed by atoms with E-state index in [1.54, 1.807) is 17.5 Å². The lowest BCUT2D eigenvalue weighted by molar-refractivity contribution is 0.0974. The Hall–Kier alpha value is -3.03. The summed E-state index contributed by atoms with van der Waals surface area (Å²) in [6, 6.07) is 12.1. The van der Waals surface area contributed by atoms with Gasteiger partial charge in [0.2, 0.25) is 0 Å². The Morgan fingerprint density at radius 1 is 1.06 bits per heavy atom. The number of benzene rings is 1. The number of carbonyl (C=O) groups excluding carboxylic acids is 2. The SMILES string of the molecule is O=C(CC1CC1)c1cc2c(s1)-c1ccccc1N(C(=O)c1cncc(N3CCOCC3)c1)CC2. The molecular weight excluding hydrogens is 446 g/mol. The van der Waals surface area contributed by atoms with E-state index < -0.39 is 0 Å². The van der Waals surface area contributed by atoms with Gasteiger partial charge in [-0.1, -0.05) is 18.2 Å². The summed E-state index contributed by atoms with van der Waals surface area (Å²) in [7, 11) is 0. The van der Waals surface area contributed by atoms with Gasteiger partial charge < -0.3 is 14.5 Å². The molecule has 6 rings (SSSR count). The van der Waals surface area contributed by atoms with Crippen LogP contribution in [0.3, 0.4) is 0 Å². The van der Waals surface area contributed by atoms with Crippen molar-refractivity contribution in [3.63, 3.8) is 0 Å². The van der Waals surface area contributed by atoms with E-state index in [4.69, 9.17) is 4.74 Å². The number of amides is 1. The van der Waals surface area contributed by atoms with Gasteiger partial charge in [-0.3, -0.25) is 14.6 Å². The number of Topliss-reactive ketones (excluding diaryl/α,β-unsaturated/α-hetero) is 1. The van der Waals surface area contributed by atoms with E-state index in [1.807, 2.05) is 35.4 Å². The molecule has 4 heterocycles. The van der Waals surface area contributed by atoms with Crippen LogP contribution in [0.1, 0.15) is 44.9 Å². The highest BCUT2D eigenvalue weighted by molar-refractivity contribution is 7.17. The molecule has 0 bridgehead atoms. The fourth-order valence-electron chi connectivity index (χ4n) is 4.82. The van der Waals surface area contributed by atoms with Gasteiger partial charge in [-0.25, -0.2) is 0 Å². The molecule has 0 N–H and O–H groups in total. The Labute approximate surface area is 203 Å². The van der Waals surface area contributed by atoms with Crippen LogP contribution in [0.2, 0.25) is 0 Å². The first-order chi connectivity index (χ1) is 16.7.